The molecule has 6 nitrogen and oxygen atoms in total. The van der Waals surface area contributed by atoms with E-state index in [1.807, 2.05) is 30.3 Å². The van der Waals surface area contributed by atoms with Crippen LogP contribution in [0.4, 0.5) is 5.82 Å². The first-order chi connectivity index (χ1) is 14.7. The van der Waals surface area contributed by atoms with E-state index in [1.54, 1.807) is 12.4 Å². The van der Waals surface area contributed by atoms with E-state index in [9.17, 15) is 5.21 Å². The first-order valence-electron chi connectivity index (χ1n) is 10.4. The number of benzene rings is 2. The first kappa shape index (κ1) is 18.8. The van der Waals surface area contributed by atoms with Gasteiger partial charge in [0.15, 0.2) is 0 Å². The van der Waals surface area contributed by atoms with E-state index in [0.717, 1.165) is 43.7 Å². The molecule has 2 heterocycles. The second kappa shape index (κ2) is 7.54. The highest BCUT2D eigenvalue weighted by atomic mass is 16.4. The highest BCUT2D eigenvalue weighted by molar-refractivity contribution is 6.11. The molecule has 6 heteroatoms. The van der Waals surface area contributed by atoms with Crippen molar-refractivity contribution < 1.29 is 5.21 Å². The summed E-state index contributed by atoms with van der Waals surface area (Å²) in [6.07, 6.45) is 6.60. The van der Waals surface area contributed by atoms with E-state index >= 15 is 0 Å². The van der Waals surface area contributed by atoms with Crippen LogP contribution >= 0.6 is 0 Å². The zero-order chi connectivity index (χ0) is 20.6. The van der Waals surface area contributed by atoms with Gasteiger partial charge in [0.2, 0.25) is 0 Å². The number of nitrogens with zero attached hydrogens (tertiary/aromatic N) is 4. The van der Waals surface area contributed by atoms with Gasteiger partial charge in [-0.15, -0.1) is 0 Å². The molecule has 1 aromatic heterocycles. The zero-order valence-corrected chi connectivity index (χ0v) is 16.8. The molecule has 3 aromatic rings. The van der Waals surface area contributed by atoms with Gasteiger partial charge in [-0.05, 0) is 35.8 Å². The summed E-state index contributed by atoms with van der Waals surface area (Å²) in [4.78, 5) is 11.4. The van der Waals surface area contributed by atoms with Gasteiger partial charge in [-0.1, -0.05) is 59.8 Å². The fourth-order valence-electron chi connectivity index (χ4n) is 4.95. The lowest BCUT2D eigenvalue weighted by Crippen LogP contribution is -2.44. The van der Waals surface area contributed by atoms with Gasteiger partial charge in [0.05, 0.1) is 12.4 Å². The fourth-order valence-corrected chi connectivity index (χ4v) is 4.95. The van der Waals surface area contributed by atoms with Crippen molar-refractivity contribution in [2.75, 3.05) is 18.0 Å². The Morgan fingerprint density at radius 1 is 1.00 bits per heavy atom. The molecule has 0 radical (unpaired) electrons. The predicted molar refractivity (Wildman–Crippen MR) is 117 cm³/mol. The van der Waals surface area contributed by atoms with Crippen molar-refractivity contribution in [3.63, 3.8) is 0 Å². The van der Waals surface area contributed by atoms with Gasteiger partial charge in [0.1, 0.15) is 17.2 Å². The molecule has 3 N–H and O–H groups in total. The molecule has 1 aliphatic heterocycles. The average molecular weight is 399 g/mol. The standard InChI is InChI=1S/C24H25N5O/c25-23-19-9-5-4-8-18(19)14-24(23)10-12-29(13-11-24)21-16-26-20(15-27-21)22(28-30)17-6-2-1-3-7-17/h1-9,15-16,23,30H,10-14,25H2/t23-/m1/s1. The second-order valence-corrected chi connectivity index (χ2v) is 8.28. The van der Waals surface area contributed by atoms with Gasteiger partial charge >= 0.3 is 0 Å². The summed E-state index contributed by atoms with van der Waals surface area (Å²) >= 11 is 0. The van der Waals surface area contributed by atoms with Crippen molar-refractivity contribution in [1.29, 1.82) is 0 Å². The Bertz CT molecular complexity index is 1060. The van der Waals surface area contributed by atoms with E-state index in [4.69, 9.17) is 5.73 Å². The maximum Gasteiger partial charge on any atom is 0.147 e. The van der Waals surface area contributed by atoms with Crippen LogP contribution in [0.1, 0.15) is 41.3 Å². The normalized spacial score (nSPS) is 20.4. The SMILES string of the molecule is N[C@@H]1c2ccccc2CC12CCN(c1cnc(C(=NO)c3ccccc3)cn1)CC2. The molecule has 0 unspecified atom stereocenters. The molecule has 2 aromatic carbocycles. The van der Waals surface area contributed by atoms with Crippen molar-refractivity contribution >= 4 is 11.5 Å². The number of hydrogen-bond acceptors (Lipinski definition) is 6. The number of oxime groups is 1. The third-order valence-corrected chi connectivity index (χ3v) is 6.70. The van der Waals surface area contributed by atoms with Crippen LogP contribution in [0.5, 0.6) is 0 Å². The van der Waals surface area contributed by atoms with Gasteiger partial charge in [-0.25, -0.2) is 9.97 Å². The Morgan fingerprint density at radius 3 is 2.40 bits per heavy atom. The smallest absolute Gasteiger partial charge is 0.147 e. The van der Waals surface area contributed by atoms with Gasteiger partial charge in [0.25, 0.3) is 0 Å². The minimum atomic E-state index is 0.110. The molecule has 152 valence electrons. The molecule has 1 fully saturated rings. The molecule has 0 amide bonds. The highest BCUT2D eigenvalue weighted by Gasteiger charge is 2.45. The number of aromatic nitrogens is 2. The number of rotatable bonds is 3. The maximum absolute atomic E-state index is 9.47. The van der Waals surface area contributed by atoms with Gasteiger partial charge in [-0.2, -0.15) is 0 Å². The van der Waals surface area contributed by atoms with E-state index < -0.39 is 0 Å². The Labute approximate surface area is 176 Å². The van der Waals surface area contributed by atoms with Crippen LogP contribution in [0.15, 0.2) is 72.1 Å². The summed E-state index contributed by atoms with van der Waals surface area (Å²) in [6.45, 7) is 1.82. The average Bonchev–Trinajstić information content (AvgIpc) is 3.07. The lowest BCUT2D eigenvalue weighted by Gasteiger charge is -2.42. The Balaban J connectivity index is 1.30. The number of piperidine rings is 1. The Morgan fingerprint density at radius 2 is 1.73 bits per heavy atom. The quantitative estimate of drug-likeness (QED) is 0.400. The molecular formula is C24H25N5O. The summed E-state index contributed by atoms with van der Waals surface area (Å²) < 4.78 is 0. The van der Waals surface area contributed by atoms with Crippen LogP contribution in [0.25, 0.3) is 0 Å². The molecule has 1 aliphatic carbocycles. The first-order valence-corrected chi connectivity index (χ1v) is 10.4. The van der Waals surface area contributed by atoms with Crippen molar-refractivity contribution in [3.05, 3.63) is 89.4 Å². The van der Waals surface area contributed by atoms with E-state index in [0.29, 0.717) is 11.4 Å². The van der Waals surface area contributed by atoms with E-state index in [-0.39, 0.29) is 11.5 Å². The Hall–Kier alpha value is -3.25. The number of fused-ring (bicyclic) bond motifs is 1. The number of hydrogen-bond donors (Lipinski definition) is 2. The lowest BCUT2D eigenvalue weighted by molar-refractivity contribution is 0.187. The van der Waals surface area contributed by atoms with Crippen molar-refractivity contribution in [2.45, 2.75) is 25.3 Å². The molecular weight excluding hydrogens is 374 g/mol. The van der Waals surface area contributed by atoms with Crippen LogP contribution < -0.4 is 10.6 Å². The summed E-state index contributed by atoms with van der Waals surface area (Å²) in [6, 6.07) is 18.2. The van der Waals surface area contributed by atoms with Crippen LogP contribution in [-0.4, -0.2) is 34.0 Å². The monoisotopic (exact) mass is 399 g/mol. The number of anilines is 1. The largest absolute Gasteiger partial charge is 0.410 e. The molecule has 1 spiro atoms. The molecule has 0 saturated carbocycles. The van der Waals surface area contributed by atoms with Crippen LogP contribution in [0, 0.1) is 5.41 Å². The highest BCUT2D eigenvalue weighted by Crippen LogP contribution is 2.50. The van der Waals surface area contributed by atoms with Gasteiger partial charge in [-0.3, -0.25) is 0 Å². The third kappa shape index (κ3) is 3.13. The molecule has 1 atom stereocenters. The molecule has 5 rings (SSSR count). The van der Waals surface area contributed by atoms with Gasteiger partial charge in [0, 0.05) is 24.7 Å². The third-order valence-electron chi connectivity index (χ3n) is 6.70. The fraction of sp³-hybridized carbons (Fsp3) is 0.292. The van der Waals surface area contributed by atoms with Crippen molar-refractivity contribution in [3.8, 4) is 0 Å². The van der Waals surface area contributed by atoms with E-state index in [2.05, 4.69) is 44.3 Å². The van der Waals surface area contributed by atoms with Crippen LogP contribution in [-0.2, 0) is 6.42 Å². The summed E-state index contributed by atoms with van der Waals surface area (Å²) in [7, 11) is 0. The summed E-state index contributed by atoms with van der Waals surface area (Å²) in [5.74, 6) is 0.850. The summed E-state index contributed by atoms with van der Waals surface area (Å²) in [5, 5.41) is 12.9. The Kier molecular flexibility index (Phi) is 4.71. The van der Waals surface area contributed by atoms with Crippen LogP contribution in [0.3, 0.4) is 0 Å². The van der Waals surface area contributed by atoms with E-state index in [1.165, 1.54) is 11.1 Å². The molecule has 30 heavy (non-hydrogen) atoms. The van der Waals surface area contributed by atoms with Crippen LogP contribution in [0.2, 0.25) is 0 Å². The minimum absolute atomic E-state index is 0.110. The van der Waals surface area contributed by atoms with Crippen molar-refractivity contribution in [2.24, 2.45) is 16.3 Å². The minimum Gasteiger partial charge on any atom is -0.410 e. The number of nitrogens with two attached hydrogens (primary N) is 1. The zero-order valence-electron chi connectivity index (χ0n) is 16.8. The molecule has 0 bridgehead atoms. The van der Waals surface area contributed by atoms with Crippen molar-refractivity contribution in [1.82, 2.24) is 9.97 Å². The molecule has 1 saturated heterocycles. The van der Waals surface area contributed by atoms with Gasteiger partial charge < -0.3 is 15.8 Å². The summed E-state index contributed by atoms with van der Waals surface area (Å²) in [5.41, 5.74) is 11.3. The topological polar surface area (TPSA) is 87.6 Å². The molecule has 2 aliphatic rings. The maximum atomic E-state index is 9.47. The second-order valence-electron chi connectivity index (χ2n) is 8.28. The lowest BCUT2D eigenvalue weighted by atomic mass is 9.73. The predicted octanol–water partition coefficient (Wildman–Crippen LogP) is 3.55.